The first-order valence-electron chi connectivity index (χ1n) is 7.86. The van der Waals surface area contributed by atoms with Crippen molar-refractivity contribution in [1.29, 1.82) is 0 Å². The second-order valence-corrected chi connectivity index (χ2v) is 7.24. The Kier molecular flexibility index (Phi) is 7.01. The maximum Gasteiger partial charge on any atom is 0.357 e. The molecular weight excluding hydrogens is 356 g/mol. The summed E-state index contributed by atoms with van der Waals surface area (Å²) in [6, 6.07) is 3.98. The van der Waals surface area contributed by atoms with Gasteiger partial charge in [-0.15, -0.1) is 11.3 Å². The smallest absolute Gasteiger partial charge is 0.357 e. The zero-order valence-corrected chi connectivity index (χ0v) is 16.7. The Morgan fingerprint density at radius 2 is 2.04 bits per heavy atom. The van der Waals surface area contributed by atoms with Crippen LogP contribution in [0.1, 0.15) is 29.2 Å². The molecule has 0 amide bonds. The summed E-state index contributed by atoms with van der Waals surface area (Å²) in [7, 11) is 1.59. The molecule has 2 rings (SSSR count). The number of carbonyl (C=O) groups is 1. The molecule has 1 aromatic heterocycles. The topological polar surface area (TPSA) is 60.8 Å². The summed E-state index contributed by atoms with van der Waals surface area (Å²) in [5.41, 5.74) is 4.15. The normalized spacial score (nSPS) is 11.5. The van der Waals surface area contributed by atoms with Crippen LogP contribution >= 0.6 is 23.1 Å². The number of esters is 1. The van der Waals surface area contributed by atoms with Crippen LogP contribution in [-0.4, -0.2) is 36.6 Å². The van der Waals surface area contributed by atoms with E-state index in [0.29, 0.717) is 24.8 Å². The van der Waals surface area contributed by atoms with Gasteiger partial charge in [0.25, 0.3) is 0 Å². The molecule has 5 nitrogen and oxygen atoms in total. The molecule has 25 heavy (non-hydrogen) atoms. The van der Waals surface area contributed by atoms with Gasteiger partial charge in [-0.25, -0.2) is 4.79 Å². The average molecular weight is 379 g/mol. The van der Waals surface area contributed by atoms with Crippen molar-refractivity contribution in [1.82, 2.24) is 4.98 Å². The van der Waals surface area contributed by atoms with E-state index in [9.17, 15) is 4.79 Å². The number of carbonyl (C=O) groups excluding carboxylic acids is 1. The van der Waals surface area contributed by atoms with Gasteiger partial charge in [0.1, 0.15) is 6.61 Å². The van der Waals surface area contributed by atoms with E-state index in [1.807, 2.05) is 37.6 Å². The first-order valence-corrected chi connectivity index (χ1v) is 9.97. The largest absolute Gasteiger partial charge is 0.472 e. The van der Waals surface area contributed by atoms with Gasteiger partial charge in [0.2, 0.25) is 5.88 Å². The zero-order chi connectivity index (χ0) is 18.4. The third kappa shape index (κ3) is 4.83. The van der Waals surface area contributed by atoms with Gasteiger partial charge in [-0.3, -0.25) is 4.99 Å². The second kappa shape index (κ2) is 9.01. The maximum atomic E-state index is 12.2. The van der Waals surface area contributed by atoms with Crippen LogP contribution in [0.3, 0.4) is 0 Å². The van der Waals surface area contributed by atoms with Crippen LogP contribution in [0.5, 0.6) is 5.88 Å². The second-order valence-electron chi connectivity index (χ2n) is 5.33. The van der Waals surface area contributed by atoms with E-state index in [1.54, 1.807) is 37.1 Å². The summed E-state index contributed by atoms with van der Waals surface area (Å²) in [6.45, 7) is 6.44. The highest BCUT2D eigenvalue weighted by molar-refractivity contribution is 8.00. The molecule has 7 heteroatoms. The van der Waals surface area contributed by atoms with Crippen LogP contribution in [0, 0.1) is 13.8 Å². The molecular formula is C18H22N2O3S2. The summed E-state index contributed by atoms with van der Waals surface area (Å²) in [6.07, 6.45) is 1.98. The number of aliphatic imine (C=N–C) groups is 1. The molecule has 0 aliphatic heterocycles. The van der Waals surface area contributed by atoms with Crippen molar-refractivity contribution in [3.8, 4) is 5.88 Å². The summed E-state index contributed by atoms with van der Waals surface area (Å²) in [5, 5.41) is 1.88. The number of benzene rings is 1. The third-order valence-electron chi connectivity index (χ3n) is 3.68. The van der Waals surface area contributed by atoms with Crippen molar-refractivity contribution in [3.63, 3.8) is 0 Å². The van der Waals surface area contributed by atoms with Crippen LogP contribution in [0.25, 0.3) is 0 Å². The number of nitrogens with zero attached hydrogens (tertiary/aromatic N) is 2. The van der Waals surface area contributed by atoms with E-state index in [4.69, 9.17) is 9.47 Å². The van der Waals surface area contributed by atoms with Crippen molar-refractivity contribution in [2.45, 2.75) is 31.7 Å². The quantitative estimate of drug-likeness (QED) is 0.413. The Hall–Kier alpha value is -1.86. The molecule has 0 fully saturated rings. The fourth-order valence-electron chi connectivity index (χ4n) is 2.29. The highest BCUT2D eigenvalue weighted by atomic mass is 32.2. The minimum absolute atomic E-state index is 0.310. The lowest BCUT2D eigenvalue weighted by Crippen LogP contribution is -2.21. The molecule has 0 saturated carbocycles. The zero-order valence-electron chi connectivity index (χ0n) is 15.1. The number of rotatable bonds is 7. The van der Waals surface area contributed by atoms with Gasteiger partial charge in [0.05, 0.1) is 12.0 Å². The number of thioether (sulfide) groups is 1. The average Bonchev–Trinajstić information content (AvgIpc) is 3.05. The number of aryl methyl sites for hydroxylation is 2. The summed E-state index contributed by atoms with van der Waals surface area (Å²) in [5.74, 6) is 0.164. The van der Waals surface area contributed by atoms with Crippen molar-refractivity contribution >= 4 is 34.8 Å². The fourth-order valence-corrected chi connectivity index (χ4v) is 3.47. The van der Waals surface area contributed by atoms with Crippen molar-refractivity contribution in [3.05, 3.63) is 39.8 Å². The molecule has 0 atom stereocenters. The lowest BCUT2D eigenvalue weighted by molar-refractivity contribution is -0.134. The van der Waals surface area contributed by atoms with Gasteiger partial charge in [0, 0.05) is 12.6 Å². The molecule has 0 spiro atoms. The van der Waals surface area contributed by atoms with Crippen LogP contribution < -0.4 is 4.74 Å². The standard InChI is InChI=1S/C18H22N2O3S2/c1-6-22-17(21)16(19-4)14-8-12(3)11(2)7-13(14)9-23-15-10-25-18(20-15)24-5/h7-8,10H,6,9H2,1-5H3. The van der Waals surface area contributed by atoms with E-state index in [-0.39, 0.29) is 0 Å². The lowest BCUT2D eigenvalue weighted by atomic mass is 9.97. The van der Waals surface area contributed by atoms with Crippen LogP contribution in [0.15, 0.2) is 26.8 Å². The third-order valence-corrected chi connectivity index (χ3v) is 5.52. The first-order chi connectivity index (χ1) is 12.0. The number of hydrogen-bond donors (Lipinski definition) is 0. The van der Waals surface area contributed by atoms with E-state index in [1.165, 1.54) is 0 Å². The predicted octanol–water partition coefficient (Wildman–Crippen LogP) is 4.04. The number of thiazole rings is 1. The van der Waals surface area contributed by atoms with E-state index < -0.39 is 5.97 Å². The van der Waals surface area contributed by atoms with Crippen LogP contribution in [0.2, 0.25) is 0 Å². The molecule has 0 unspecified atom stereocenters. The predicted molar refractivity (Wildman–Crippen MR) is 103 cm³/mol. The van der Waals surface area contributed by atoms with Crippen molar-refractivity contribution in [2.75, 3.05) is 19.9 Å². The minimum atomic E-state index is -0.423. The fraction of sp³-hybridized carbons (Fsp3) is 0.389. The molecule has 0 saturated heterocycles. The van der Waals surface area contributed by atoms with Gasteiger partial charge in [-0.2, -0.15) is 4.98 Å². The monoisotopic (exact) mass is 378 g/mol. The Balaban J connectivity index is 2.32. The number of aromatic nitrogens is 1. The molecule has 0 bridgehead atoms. The molecule has 1 aromatic carbocycles. The number of ether oxygens (including phenoxy) is 2. The van der Waals surface area contributed by atoms with Gasteiger partial charge < -0.3 is 9.47 Å². The summed E-state index contributed by atoms with van der Waals surface area (Å²) >= 11 is 3.13. The lowest BCUT2D eigenvalue weighted by Gasteiger charge is -2.14. The van der Waals surface area contributed by atoms with Crippen LogP contribution in [0.4, 0.5) is 0 Å². The molecule has 1 heterocycles. The molecule has 2 aromatic rings. The Morgan fingerprint density at radius 3 is 2.64 bits per heavy atom. The van der Waals surface area contributed by atoms with Gasteiger partial charge in [0.15, 0.2) is 10.1 Å². The van der Waals surface area contributed by atoms with Crippen molar-refractivity contribution in [2.24, 2.45) is 4.99 Å². The minimum Gasteiger partial charge on any atom is -0.472 e. The Labute approximate surface area is 156 Å². The SMILES string of the molecule is CCOC(=O)C(=NC)c1cc(C)c(C)cc1COc1csc(SC)n1. The van der Waals surface area contributed by atoms with E-state index in [2.05, 4.69) is 9.98 Å². The Bertz CT molecular complexity index is 785. The van der Waals surface area contributed by atoms with Gasteiger partial charge in [-0.05, 0) is 49.8 Å². The summed E-state index contributed by atoms with van der Waals surface area (Å²) in [4.78, 5) is 20.8. The van der Waals surface area contributed by atoms with Gasteiger partial charge >= 0.3 is 5.97 Å². The van der Waals surface area contributed by atoms with Crippen molar-refractivity contribution < 1.29 is 14.3 Å². The highest BCUT2D eigenvalue weighted by Crippen LogP contribution is 2.25. The molecule has 0 aliphatic carbocycles. The maximum absolute atomic E-state index is 12.2. The Morgan fingerprint density at radius 1 is 1.32 bits per heavy atom. The number of hydrogen-bond acceptors (Lipinski definition) is 7. The molecule has 0 aliphatic rings. The molecule has 0 N–H and O–H groups in total. The molecule has 0 radical (unpaired) electrons. The molecule has 134 valence electrons. The van der Waals surface area contributed by atoms with E-state index >= 15 is 0 Å². The van der Waals surface area contributed by atoms with Crippen LogP contribution in [-0.2, 0) is 16.1 Å². The highest BCUT2D eigenvalue weighted by Gasteiger charge is 2.19. The van der Waals surface area contributed by atoms with E-state index in [0.717, 1.165) is 26.6 Å². The van der Waals surface area contributed by atoms with Gasteiger partial charge in [-0.1, -0.05) is 17.8 Å². The summed E-state index contributed by atoms with van der Waals surface area (Å²) < 4.78 is 11.9. The first kappa shape index (κ1) is 19.5.